The summed E-state index contributed by atoms with van der Waals surface area (Å²) >= 11 is 6.67. The van der Waals surface area contributed by atoms with E-state index < -0.39 is 34.2 Å². The number of thioether (sulfide) groups is 4. The van der Waals surface area contributed by atoms with Gasteiger partial charge in [0.25, 0.3) is 0 Å². The third-order valence-corrected chi connectivity index (χ3v) is 33.8. The normalized spacial score (nSPS) is 37.2. The van der Waals surface area contributed by atoms with Gasteiger partial charge in [-0.2, -0.15) is 0 Å². The topological polar surface area (TPSA) is 36.9 Å². The molecule has 0 bridgehead atoms. The molecule has 1 aliphatic rings. The lowest BCUT2D eigenvalue weighted by molar-refractivity contribution is 0.221. The summed E-state index contributed by atoms with van der Waals surface area (Å²) in [4.78, 5) is 0.551. The Balaban J connectivity index is 3.68. The fraction of sp³-hybridized carbons (Fsp3) is 0.600. The first-order valence-electron chi connectivity index (χ1n) is 10.6. The molecule has 0 aromatic carbocycles. The molecule has 184 valence electrons. The van der Waals surface area contributed by atoms with E-state index in [2.05, 4.69) is 80.2 Å². The molecular weight excluding hydrogens is 545 g/mol. The van der Waals surface area contributed by atoms with Gasteiger partial charge in [0, 0.05) is 19.5 Å². The van der Waals surface area contributed by atoms with Crippen LogP contribution in [0.2, 0.25) is 26.2 Å². The minimum Gasteiger partial charge on any atom is -0.414 e. The van der Waals surface area contributed by atoms with Crippen molar-refractivity contribution in [2.24, 2.45) is 0 Å². The van der Waals surface area contributed by atoms with Crippen LogP contribution in [0.1, 0.15) is 27.7 Å². The van der Waals surface area contributed by atoms with Crippen molar-refractivity contribution in [3.63, 3.8) is 0 Å². The Morgan fingerprint density at radius 2 is 0.625 bits per heavy atom. The minimum absolute atomic E-state index is 0.138. The van der Waals surface area contributed by atoms with Crippen molar-refractivity contribution in [1.29, 1.82) is 0 Å². The van der Waals surface area contributed by atoms with Crippen LogP contribution in [0.15, 0.2) is 47.9 Å². The average molecular weight is 585 g/mol. The zero-order chi connectivity index (χ0) is 24.8. The van der Waals surface area contributed by atoms with Crippen LogP contribution in [0.3, 0.4) is 0 Å². The molecule has 0 aromatic rings. The smallest absolute Gasteiger partial charge is 0.330 e. The summed E-state index contributed by atoms with van der Waals surface area (Å²) in [5.74, 6) is 0. The van der Waals surface area contributed by atoms with E-state index in [1.165, 1.54) is 0 Å². The summed E-state index contributed by atoms with van der Waals surface area (Å²) in [5.41, 5.74) is 0. The summed E-state index contributed by atoms with van der Waals surface area (Å²) < 4.78 is 28.6. The fourth-order valence-electron chi connectivity index (χ4n) is 3.43. The predicted molar refractivity (Wildman–Crippen MR) is 160 cm³/mol. The van der Waals surface area contributed by atoms with Crippen LogP contribution in [0.25, 0.3) is 0 Å². The molecule has 0 amide bonds. The summed E-state index contributed by atoms with van der Waals surface area (Å²) in [5, 5.41) is 7.50. The molecule has 4 atom stereocenters. The Bertz CT molecular complexity index is 564. The van der Waals surface area contributed by atoms with Gasteiger partial charge in [0.15, 0.2) is 0 Å². The summed E-state index contributed by atoms with van der Waals surface area (Å²) in [6.45, 7) is 33.1. The molecule has 12 heteroatoms. The standard InChI is InChI=1S/C20H40O4S4Si4/c1-13-25-17(5)29(9)21-30(10,18(6)26-14-2)23-32(12,20(8)28-16-4)24-31(11,22-29)19(7)27-15-3/h13-20H,1-4H2,5-12H3. The van der Waals surface area contributed by atoms with Crippen molar-refractivity contribution in [3.8, 4) is 0 Å². The summed E-state index contributed by atoms with van der Waals surface area (Å²) in [6.07, 6.45) is 0. The molecule has 32 heavy (non-hydrogen) atoms. The van der Waals surface area contributed by atoms with Crippen molar-refractivity contribution in [3.05, 3.63) is 47.9 Å². The quantitative estimate of drug-likeness (QED) is 0.217. The molecule has 1 saturated heterocycles. The first-order chi connectivity index (χ1) is 14.8. The molecule has 0 N–H and O–H groups in total. The highest BCUT2D eigenvalue weighted by molar-refractivity contribution is 8.05. The van der Waals surface area contributed by atoms with E-state index in [9.17, 15) is 0 Å². The lowest BCUT2D eigenvalue weighted by atomic mass is 11.0. The largest absolute Gasteiger partial charge is 0.414 e. The molecule has 1 rings (SSSR count). The number of rotatable bonds is 12. The molecule has 0 saturated carbocycles. The fourth-order valence-corrected chi connectivity index (χ4v) is 33.5. The monoisotopic (exact) mass is 584 g/mol. The van der Waals surface area contributed by atoms with Gasteiger partial charge >= 0.3 is 34.2 Å². The van der Waals surface area contributed by atoms with Gasteiger partial charge < -0.3 is 16.5 Å². The Morgan fingerprint density at radius 3 is 0.750 bits per heavy atom. The second-order valence-electron chi connectivity index (χ2n) is 8.25. The van der Waals surface area contributed by atoms with Gasteiger partial charge in [0.1, 0.15) is 0 Å². The first-order valence-corrected chi connectivity index (χ1v) is 24.0. The van der Waals surface area contributed by atoms with Crippen LogP contribution in [-0.2, 0) is 16.5 Å². The molecule has 1 heterocycles. The molecule has 1 fully saturated rings. The zero-order valence-corrected chi connectivity index (χ0v) is 28.0. The molecule has 4 nitrogen and oxygen atoms in total. The van der Waals surface area contributed by atoms with Crippen molar-refractivity contribution in [2.45, 2.75) is 73.4 Å². The lowest BCUT2D eigenvalue weighted by Gasteiger charge is -2.54. The summed E-state index contributed by atoms with van der Waals surface area (Å²) in [6, 6.07) is 0. The van der Waals surface area contributed by atoms with E-state index in [0.29, 0.717) is 0 Å². The highest BCUT2D eigenvalue weighted by atomic mass is 32.2. The van der Waals surface area contributed by atoms with Crippen LogP contribution in [-0.4, -0.2) is 53.7 Å². The first kappa shape index (κ1) is 31.1. The SMILES string of the molecule is C=CSC(C)[Si]1(C)O[Si](C)(C(C)SC=C)O[Si](C)(C(C)SC=C)O[Si](C)(C(C)SC=C)O1. The maximum Gasteiger partial charge on any atom is 0.330 e. The van der Waals surface area contributed by atoms with Gasteiger partial charge in [-0.1, -0.05) is 54.0 Å². The van der Waals surface area contributed by atoms with Gasteiger partial charge in [0.2, 0.25) is 0 Å². The van der Waals surface area contributed by atoms with Gasteiger partial charge in [-0.25, -0.2) is 0 Å². The molecule has 4 unspecified atom stereocenters. The van der Waals surface area contributed by atoms with Gasteiger partial charge in [-0.3, -0.25) is 0 Å². The highest BCUT2D eigenvalue weighted by Crippen LogP contribution is 2.43. The molecular formula is C20H40O4S4Si4. The van der Waals surface area contributed by atoms with Gasteiger partial charge in [-0.15, -0.1) is 47.0 Å². The Kier molecular flexibility index (Phi) is 12.5. The van der Waals surface area contributed by atoms with E-state index in [0.717, 1.165) is 0 Å². The van der Waals surface area contributed by atoms with Crippen LogP contribution in [0, 0.1) is 0 Å². The van der Waals surface area contributed by atoms with Crippen molar-refractivity contribution in [2.75, 3.05) is 0 Å². The predicted octanol–water partition coefficient (Wildman–Crippen LogP) is 7.57. The van der Waals surface area contributed by atoms with E-state index in [-0.39, 0.29) is 19.5 Å². The van der Waals surface area contributed by atoms with Crippen molar-refractivity contribution >= 4 is 81.3 Å². The molecule has 0 aliphatic carbocycles. The van der Waals surface area contributed by atoms with Gasteiger partial charge in [-0.05, 0) is 47.8 Å². The summed E-state index contributed by atoms with van der Waals surface area (Å²) in [7, 11) is -11.0. The lowest BCUT2D eigenvalue weighted by Crippen LogP contribution is -2.75. The second-order valence-corrected chi connectivity index (χ2v) is 30.0. The highest BCUT2D eigenvalue weighted by Gasteiger charge is 2.62. The Morgan fingerprint density at radius 1 is 0.469 bits per heavy atom. The van der Waals surface area contributed by atoms with Crippen molar-refractivity contribution < 1.29 is 16.5 Å². The Hall–Kier alpha value is 1.07. The molecule has 0 spiro atoms. The van der Waals surface area contributed by atoms with Gasteiger partial charge in [0.05, 0.1) is 0 Å². The third kappa shape index (κ3) is 7.53. The average Bonchev–Trinajstić information content (AvgIpc) is 2.67. The maximum atomic E-state index is 7.16. The zero-order valence-electron chi connectivity index (χ0n) is 20.7. The maximum absolute atomic E-state index is 7.16. The second kappa shape index (κ2) is 12.9. The van der Waals surface area contributed by atoms with E-state index in [1.807, 2.05) is 21.6 Å². The van der Waals surface area contributed by atoms with Crippen LogP contribution < -0.4 is 0 Å². The molecule has 1 aliphatic heterocycles. The Labute approximate surface area is 217 Å². The number of hydrogen-bond acceptors (Lipinski definition) is 8. The van der Waals surface area contributed by atoms with E-state index in [4.69, 9.17) is 16.5 Å². The van der Waals surface area contributed by atoms with Crippen molar-refractivity contribution in [1.82, 2.24) is 0 Å². The van der Waals surface area contributed by atoms with Crippen LogP contribution in [0.5, 0.6) is 0 Å². The molecule has 0 aromatic heterocycles. The van der Waals surface area contributed by atoms with Crippen LogP contribution in [0.4, 0.5) is 0 Å². The van der Waals surface area contributed by atoms with Crippen LogP contribution >= 0.6 is 47.0 Å². The minimum atomic E-state index is -2.75. The van der Waals surface area contributed by atoms with E-state index in [1.54, 1.807) is 47.0 Å². The van der Waals surface area contributed by atoms with E-state index >= 15 is 0 Å². The molecule has 0 radical (unpaired) electrons. The third-order valence-electron chi connectivity index (χ3n) is 5.78. The number of hydrogen-bond donors (Lipinski definition) is 0.